The fraction of sp³-hybridized carbons (Fsp3) is 0.559. The summed E-state index contributed by atoms with van der Waals surface area (Å²) in [7, 11) is -0.695. The third kappa shape index (κ3) is 12.2. The average molecular weight is 696 g/mol. The predicted octanol–water partition coefficient (Wildman–Crippen LogP) is 3.98. The van der Waals surface area contributed by atoms with Crippen molar-refractivity contribution in [3.63, 3.8) is 0 Å². The van der Waals surface area contributed by atoms with E-state index in [0.717, 1.165) is 18.6 Å². The minimum Gasteiger partial charge on any atom is -0.390 e. The Morgan fingerprint density at radius 1 is 0.812 bits per heavy atom. The van der Waals surface area contributed by atoms with Crippen LogP contribution in [0.15, 0.2) is 36.4 Å². The number of benzene rings is 2. The summed E-state index contributed by atoms with van der Waals surface area (Å²) < 4.78 is 53.7. The minimum atomic E-state index is -3.78. The van der Waals surface area contributed by atoms with E-state index in [9.17, 15) is 36.7 Å². The van der Waals surface area contributed by atoms with Gasteiger partial charge in [0.1, 0.15) is 11.6 Å². The van der Waals surface area contributed by atoms with Crippen LogP contribution >= 0.6 is 0 Å². The average Bonchev–Trinajstić information content (AvgIpc) is 3.01. The summed E-state index contributed by atoms with van der Waals surface area (Å²) in [6, 6.07) is 5.84. The molecule has 14 heteroatoms. The molecule has 2 aromatic rings. The summed E-state index contributed by atoms with van der Waals surface area (Å²) in [4.78, 5) is 45.9. The number of hydrogen-bond donors (Lipinski definition) is 3. The van der Waals surface area contributed by atoms with Crippen molar-refractivity contribution in [3.05, 3.63) is 70.3 Å². The van der Waals surface area contributed by atoms with Crippen molar-refractivity contribution in [1.29, 1.82) is 0 Å². The third-order valence-electron chi connectivity index (χ3n) is 7.59. The van der Waals surface area contributed by atoms with Gasteiger partial charge in [-0.2, -0.15) is 0 Å². The maximum atomic E-state index is 14.2. The summed E-state index contributed by atoms with van der Waals surface area (Å²) in [5, 5.41) is 14.8. The maximum absolute atomic E-state index is 14.2. The van der Waals surface area contributed by atoms with E-state index >= 15 is 0 Å². The van der Waals surface area contributed by atoms with Gasteiger partial charge in [-0.3, -0.25) is 14.4 Å². The number of rotatable bonds is 19. The van der Waals surface area contributed by atoms with Gasteiger partial charge in [0, 0.05) is 63.0 Å². The standard InChI is InChI=1S/C34H51F2N5O6S/c1-8-11-14-41(38-48(46,47)23(4)5)22-31(42)30(17-24-15-28(35)21-29(36)16-24)37-32(43)25-18-26(33(44)39(6)7)20-27(19-25)34(45)40(12-9-2)13-10-3/h15-16,18-21,23,30-31,38,42H,8-14,17,22H2,1-7H3,(H,37,43). The first-order chi connectivity index (χ1) is 22.5. The number of nitrogens with one attached hydrogen (secondary N) is 2. The molecule has 0 aromatic heterocycles. The van der Waals surface area contributed by atoms with Crippen molar-refractivity contribution in [2.75, 3.05) is 40.3 Å². The van der Waals surface area contributed by atoms with Crippen molar-refractivity contribution in [1.82, 2.24) is 25.0 Å². The molecule has 48 heavy (non-hydrogen) atoms. The Morgan fingerprint density at radius 3 is 1.85 bits per heavy atom. The second-order valence-electron chi connectivity index (χ2n) is 12.4. The van der Waals surface area contributed by atoms with Gasteiger partial charge >= 0.3 is 0 Å². The monoisotopic (exact) mass is 695 g/mol. The molecule has 0 fully saturated rings. The fourth-order valence-electron chi connectivity index (χ4n) is 4.98. The molecular formula is C34H51F2N5O6S. The van der Waals surface area contributed by atoms with Gasteiger partial charge in [0.2, 0.25) is 10.0 Å². The zero-order valence-corrected chi connectivity index (χ0v) is 29.9. The quantitative estimate of drug-likeness (QED) is 0.189. The highest BCUT2D eigenvalue weighted by Gasteiger charge is 2.29. The van der Waals surface area contributed by atoms with Crippen LogP contribution in [0.3, 0.4) is 0 Å². The van der Waals surface area contributed by atoms with Gasteiger partial charge in [0.05, 0.1) is 17.4 Å². The molecule has 0 saturated carbocycles. The van der Waals surface area contributed by atoms with Crippen LogP contribution in [0.5, 0.6) is 0 Å². The molecule has 0 spiro atoms. The van der Waals surface area contributed by atoms with Crippen LogP contribution in [-0.4, -0.2) is 104 Å². The van der Waals surface area contributed by atoms with E-state index < -0.39 is 50.9 Å². The molecule has 2 atom stereocenters. The number of sulfonamides is 1. The summed E-state index contributed by atoms with van der Waals surface area (Å²) >= 11 is 0. The SMILES string of the molecule is CCCCN(CC(O)C(Cc1cc(F)cc(F)c1)NC(=O)c1cc(C(=O)N(C)C)cc(C(=O)N(CCC)CCC)c1)NS(=O)(=O)C(C)C. The van der Waals surface area contributed by atoms with Crippen molar-refractivity contribution < 1.29 is 36.7 Å². The van der Waals surface area contributed by atoms with E-state index in [1.54, 1.807) is 19.0 Å². The van der Waals surface area contributed by atoms with E-state index in [1.165, 1.54) is 42.0 Å². The molecule has 0 aliphatic heterocycles. The largest absolute Gasteiger partial charge is 0.390 e. The summed E-state index contributed by atoms with van der Waals surface area (Å²) in [5.41, 5.74) is 0.335. The van der Waals surface area contributed by atoms with Crippen molar-refractivity contribution in [2.24, 2.45) is 0 Å². The Balaban J connectivity index is 2.57. The second kappa shape index (κ2) is 18.9. The molecule has 2 aromatic carbocycles. The van der Waals surface area contributed by atoms with Crippen LogP contribution in [0.4, 0.5) is 8.78 Å². The number of unbranched alkanes of at least 4 members (excludes halogenated alkanes) is 1. The molecule has 11 nitrogen and oxygen atoms in total. The minimum absolute atomic E-state index is 0.0371. The van der Waals surface area contributed by atoms with Gasteiger partial charge in [0.25, 0.3) is 17.7 Å². The summed E-state index contributed by atoms with van der Waals surface area (Å²) in [5.74, 6) is -3.23. The molecule has 0 aliphatic carbocycles. The normalized spacial score (nSPS) is 13.0. The van der Waals surface area contributed by atoms with Crippen LogP contribution < -0.4 is 10.1 Å². The van der Waals surface area contributed by atoms with E-state index in [2.05, 4.69) is 10.1 Å². The molecule has 2 unspecified atom stereocenters. The number of hydrogen-bond acceptors (Lipinski definition) is 7. The van der Waals surface area contributed by atoms with E-state index in [-0.39, 0.29) is 47.7 Å². The number of hydrazine groups is 1. The van der Waals surface area contributed by atoms with Gasteiger partial charge in [0.15, 0.2) is 0 Å². The first kappa shape index (κ1) is 40.7. The van der Waals surface area contributed by atoms with Gasteiger partial charge in [-0.25, -0.2) is 22.2 Å². The highest BCUT2D eigenvalue weighted by Crippen LogP contribution is 2.18. The Morgan fingerprint density at radius 2 is 1.35 bits per heavy atom. The van der Waals surface area contributed by atoms with Gasteiger partial charge < -0.3 is 20.2 Å². The lowest BCUT2D eigenvalue weighted by Gasteiger charge is -2.31. The molecule has 0 bridgehead atoms. The fourth-order valence-corrected chi connectivity index (χ4v) is 5.72. The van der Waals surface area contributed by atoms with E-state index in [4.69, 9.17) is 0 Å². The lowest BCUT2D eigenvalue weighted by Crippen LogP contribution is -2.54. The Labute approximate surface area is 283 Å². The number of aliphatic hydroxyl groups is 1. The summed E-state index contributed by atoms with van der Waals surface area (Å²) in [6.07, 6.45) is 1.09. The topological polar surface area (TPSA) is 139 Å². The molecule has 0 radical (unpaired) electrons. The summed E-state index contributed by atoms with van der Waals surface area (Å²) in [6.45, 7) is 9.77. The van der Waals surface area contributed by atoms with Crippen molar-refractivity contribution >= 4 is 27.7 Å². The van der Waals surface area contributed by atoms with Gasteiger partial charge in [-0.05, 0) is 75.4 Å². The lowest BCUT2D eigenvalue weighted by atomic mass is 9.98. The number of nitrogens with zero attached hydrogens (tertiary/aromatic N) is 3. The third-order valence-corrected chi connectivity index (χ3v) is 9.35. The number of amides is 3. The van der Waals surface area contributed by atoms with Gasteiger partial charge in [-0.15, -0.1) is 4.83 Å². The van der Waals surface area contributed by atoms with Crippen molar-refractivity contribution in [3.8, 4) is 0 Å². The lowest BCUT2D eigenvalue weighted by molar-refractivity contribution is 0.0613. The molecule has 268 valence electrons. The Bertz CT molecular complexity index is 1480. The first-order valence-electron chi connectivity index (χ1n) is 16.4. The van der Waals surface area contributed by atoms with Gasteiger partial charge in [-0.1, -0.05) is 27.2 Å². The number of carbonyl (C=O) groups excluding carboxylic acids is 3. The zero-order chi connectivity index (χ0) is 36.2. The highest BCUT2D eigenvalue weighted by atomic mass is 32.2. The molecular weight excluding hydrogens is 644 g/mol. The maximum Gasteiger partial charge on any atom is 0.253 e. The Kier molecular flexibility index (Phi) is 16.0. The Hall–Kier alpha value is -3.46. The zero-order valence-electron chi connectivity index (χ0n) is 29.1. The van der Waals surface area contributed by atoms with Crippen LogP contribution in [-0.2, 0) is 16.4 Å². The van der Waals surface area contributed by atoms with Crippen molar-refractivity contribution in [2.45, 2.75) is 84.1 Å². The molecule has 0 saturated heterocycles. The van der Waals surface area contributed by atoms with Crippen LogP contribution in [0, 0.1) is 11.6 Å². The van der Waals surface area contributed by atoms with E-state index in [1.807, 2.05) is 20.8 Å². The van der Waals surface area contributed by atoms with Crippen LogP contribution in [0.1, 0.15) is 96.9 Å². The molecule has 3 N–H and O–H groups in total. The van der Waals surface area contributed by atoms with Crippen LogP contribution in [0.25, 0.3) is 0 Å². The highest BCUT2D eigenvalue weighted by molar-refractivity contribution is 7.90. The van der Waals surface area contributed by atoms with Crippen LogP contribution in [0.2, 0.25) is 0 Å². The second-order valence-corrected chi connectivity index (χ2v) is 14.6. The molecule has 0 heterocycles. The smallest absolute Gasteiger partial charge is 0.253 e. The number of halogens is 2. The first-order valence-corrected chi connectivity index (χ1v) is 17.9. The predicted molar refractivity (Wildman–Crippen MR) is 182 cm³/mol. The number of aliphatic hydroxyl groups excluding tert-OH is 1. The number of carbonyl (C=O) groups is 3. The molecule has 2 rings (SSSR count). The molecule has 3 amide bonds. The molecule has 0 aliphatic rings. The van der Waals surface area contributed by atoms with E-state index in [0.29, 0.717) is 38.4 Å².